The van der Waals surface area contributed by atoms with Gasteiger partial charge in [0.1, 0.15) is 5.82 Å². The fraction of sp³-hybridized carbons (Fsp3) is 0.385. The molecule has 0 atom stereocenters. The first kappa shape index (κ1) is 27.6. The van der Waals surface area contributed by atoms with Crippen molar-refractivity contribution in [3.63, 3.8) is 0 Å². The van der Waals surface area contributed by atoms with Gasteiger partial charge in [-0.2, -0.15) is 14.7 Å². The van der Waals surface area contributed by atoms with Crippen molar-refractivity contribution in [3.05, 3.63) is 59.1 Å². The predicted octanol–water partition coefficient (Wildman–Crippen LogP) is 5.09. The maximum atomic E-state index is 8.56. The highest BCUT2D eigenvalue weighted by Gasteiger charge is 2.27. The van der Waals surface area contributed by atoms with E-state index in [0.717, 1.165) is 64.9 Å². The number of hydrogen-bond donors (Lipinski definition) is 3. The zero-order chi connectivity index (χ0) is 27.1. The molecule has 0 spiro atoms. The minimum Gasteiger partial charge on any atom is -0.450 e. The number of hydrogen-bond acceptors (Lipinski definition) is 7. The van der Waals surface area contributed by atoms with Crippen molar-refractivity contribution in [2.45, 2.75) is 31.6 Å². The summed E-state index contributed by atoms with van der Waals surface area (Å²) in [4.78, 5) is 13.6. The molecule has 12 heteroatoms. The molecule has 0 saturated heterocycles. The number of nitrogens with zero attached hydrogens (tertiary/aromatic N) is 5. The van der Waals surface area contributed by atoms with Gasteiger partial charge in [-0.05, 0) is 59.7 Å². The lowest BCUT2D eigenvalue weighted by Gasteiger charge is -2.28. The highest BCUT2D eigenvalue weighted by molar-refractivity contribution is 9.10. The van der Waals surface area contributed by atoms with Crippen LogP contribution < -0.4 is 5.73 Å². The molecular weight excluding hydrogens is 556 g/mol. The summed E-state index contributed by atoms with van der Waals surface area (Å²) in [5.74, 6) is 1.51. The number of ether oxygens (including phenoxy) is 2. The summed E-state index contributed by atoms with van der Waals surface area (Å²) in [5, 5.41) is 23.0. The molecule has 3 aromatic heterocycles. The van der Waals surface area contributed by atoms with Gasteiger partial charge in [-0.25, -0.2) is 14.5 Å². The largest absolute Gasteiger partial charge is 0.503 e. The van der Waals surface area contributed by atoms with E-state index >= 15 is 0 Å². The molecule has 0 amide bonds. The molecule has 0 aliphatic heterocycles. The number of methoxy groups -OCH3 is 1. The number of fused-ring (bicyclic) bond motifs is 1. The van der Waals surface area contributed by atoms with E-state index in [-0.39, 0.29) is 0 Å². The molecule has 4 N–H and O–H groups in total. The summed E-state index contributed by atoms with van der Waals surface area (Å²) >= 11 is 3.71. The quantitative estimate of drug-likeness (QED) is 0.240. The molecule has 0 bridgehead atoms. The number of carboxylic acid groups (broad SMARTS) is 2. The average Bonchev–Trinajstić information content (AvgIpc) is 3.57. The summed E-state index contributed by atoms with van der Waals surface area (Å²) in [6.45, 7) is 2.09. The first-order chi connectivity index (χ1) is 18.4. The number of para-hydroxylation sites is 1. The number of halogens is 1. The molecule has 0 radical (unpaired) electrons. The third-order valence-electron chi connectivity index (χ3n) is 6.58. The monoisotopic (exact) mass is 586 g/mol. The highest BCUT2D eigenvalue weighted by Crippen LogP contribution is 2.40. The van der Waals surface area contributed by atoms with Gasteiger partial charge in [-0.1, -0.05) is 18.2 Å². The number of rotatable bonds is 8. The van der Waals surface area contributed by atoms with Gasteiger partial charge in [0.15, 0.2) is 5.65 Å². The van der Waals surface area contributed by atoms with Crippen molar-refractivity contribution in [1.82, 2.24) is 24.4 Å². The molecule has 1 aromatic carbocycles. The number of benzene rings is 1. The molecule has 1 aliphatic rings. The van der Waals surface area contributed by atoms with Crippen molar-refractivity contribution >= 4 is 33.6 Å². The van der Waals surface area contributed by atoms with Gasteiger partial charge in [0.05, 0.1) is 41.5 Å². The molecule has 1 aliphatic carbocycles. The standard InChI is InChI=1S/C25H29BrN6O2.CH2O3/c1-33-11-12-34-16-17-7-9-18(10-8-17)23-22(26)24(27)32-25(30-23)21(14-29-32)19-13-28-31(15-19)20-5-3-2-4-6-20;2-1(3)4/h2-6,13-15,17-18H,7-12,16,27H2,1H3;(H2,2,3,4). The van der Waals surface area contributed by atoms with Gasteiger partial charge < -0.3 is 25.4 Å². The lowest BCUT2D eigenvalue weighted by molar-refractivity contribution is 0.0424. The van der Waals surface area contributed by atoms with Crippen LogP contribution in [0.25, 0.3) is 22.5 Å². The van der Waals surface area contributed by atoms with E-state index in [1.807, 2.05) is 53.6 Å². The normalized spacial score (nSPS) is 17.2. The SMILES string of the molecule is COCCOCC1CCC(c2nc3c(-c4cnn(-c5ccccc5)c4)cnn3c(N)c2Br)CC1.O=C(O)O. The lowest BCUT2D eigenvalue weighted by Crippen LogP contribution is -2.20. The zero-order valence-corrected chi connectivity index (χ0v) is 22.6. The fourth-order valence-electron chi connectivity index (χ4n) is 4.67. The van der Waals surface area contributed by atoms with Crippen LogP contribution in [0.4, 0.5) is 10.6 Å². The second-order valence-electron chi connectivity index (χ2n) is 9.07. The Morgan fingerprint density at radius 2 is 1.82 bits per heavy atom. The Morgan fingerprint density at radius 3 is 2.50 bits per heavy atom. The van der Waals surface area contributed by atoms with Crippen LogP contribution in [-0.4, -0.2) is 67.7 Å². The Labute approximate surface area is 228 Å². The zero-order valence-electron chi connectivity index (χ0n) is 21.0. The second kappa shape index (κ2) is 12.9. The molecule has 202 valence electrons. The Hall–Kier alpha value is -3.48. The maximum absolute atomic E-state index is 8.56. The minimum atomic E-state index is -1.83. The molecule has 4 aromatic rings. The Morgan fingerprint density at radius 1 is 1.11 bits per heavy atom. The number of nitrogens with two attached hydrogens (primary N) is 1. The van der Waals surface area contributed by atoms with Crippen molar-refractivity contribution < 1.29 is 24.5 Å². The number of nitrogen functional groups attached to an aromatic ring is 1. The van der Waals surface area contributed by atoms with E-state index in [4.69, 9.17) is 35.2 Å². The van der Waals surface area contributed by atoms with E-state index in [9.17, 15) is 0 Å². The van der Waals surface area contributed by atoms with Gasteiger partial charge in [0.2, 0.25) is 0 Å². The van der Waals surface area contributed by atoms with Crippen LogP contribution in [0.5, 0.6) is 0 Å². The number of aromatic nitrogens is 5. The Balaban J connectivity index is 0.000000786. The molecule has 1 saturated carbocycles. The van der Waals surface area contributed by atoms with Crippen molar-refractivity contribution in [2.24, 2.45) is 5.92 Å². The lowest BCUT2D eigenvalue weighted by atomic mass is 9.80. The maximum Gasteiger partial charge on any atom is 0.503 e. The second-order valence-corrected chi connectivity index (χ2v) is 9.86. The third kappa shape index (κ3) is 6.50. The summed E-state index contributed by atoms with van der Waals surface area (Å²) in [6, 6.07) is 10.0. The van der Waals surface area contributed by atoms with Gasteiger partial charge >= 0.3 is 6.16 Å². The van der Waals surface area contributed by atoms with Crippen LogP contribution in [0, 0.1) is 5.92 Å². The van der Waals surface area contributed by atoms with Crippen LogP contribution in [0.2, 0.25) is 0 Å². The third-order valence-corrected chi connectivity index (χ3v) is 7.39. The van der Waals surface area contributed by atoms with E-state index in [1.165, 1.54) is 0 Å². The molecule has 3 heterocycles. The van der Waals surface area contributed by atoms with E-state index in [0.29, 0.717) is 30.9 Å². The van der Waals surface area contributed by atoms with E-state index < -0.39 is 6.16 Å². The predicted molar refractivity (Wildman–Crippen MR) is 146 cm³/mol. The van der Waals surface area contributed by atoms with E-state index in [1.54, 1.807) is 11.6 Å². The van der Waals surface area contributed by atoms with Gasteiger partial charge in [0.25, 0.3) is 0 Å². The van der Waals surface area contributed by atoms with Crippen LogP contribution in [0.15, 0.2) is 53.4 Å². The molecule has 0 unspecified atom stereocenters. The van der Waals surface area contributed by atoms with Crippen LogP contribution in [0.3, 0.4) is 0 Å². The van der Waals surface area contributed by atoms with Gasteiger partial charge in [-0.15, -0.1) is 0 Å². The van der Waals surface area contributed by atoms with Gasteiger partial charge in [0, 0.05) is 37.0 Å². The first-order valence-corrected chi connectivity index (χ1v) is 13.1. The first-order valence-electron chi connectivity index (χ1n) is 12.3. The topological polar surface area (TPSA) is 150 Å². The number of anilines is 1. The molecule has 1 fully saturated rings. The smallest absolute Gasteiger partial charge is 0.450 e. The van der Waals surface area contributed by atoms with Crippen LogP contribution in [0.1, 0.15) is 37.3 Å². The Bertz CT molecular complexity index is 1350. The average molecular weight is 587 g/mol. The summed E-state index contributed by atoms with van der Waals surface area (Å²) in [7, 11) is 1.70. The van der Waals surface area contributed by atoms with Crippen molar-refractivity contribution in [2.75, 3.05) is 32.7 Å². The van der Waals surface area contributed by atoms with Crippen LogP contribution >= 0.6 is 15.9 Å². The van der Waals surface area contributed by atoms with E-state index in [2.05, 4.69) is 26.1 Å². The minimum absolute atomic E-state index is 0.353. The summed E-state index contributed by atoms with van der Waals surface area (Å²) < 4.78 is 15.2. The fourth-order valence-corrected chi connectivity index (χ4v) is 5.25. The highest BCUT2D eigenvalue weighted by atomic mass is 79.9. The Kier molecular flexibility index (Phi) is 9.32. The molecule has 5 rings (SSSR count). The van der Waals surface area contributed by atoms with Crippen molar-refractivity contribution in [3.8, 4) is 16.8 Å². The number of carbonyl (C=O) groups is 1. The van der Waals surface area contributed by atoms with Crippen LogP contribution in [-0.2, 0) is 9.47 Å². The van der Waals surface area contributed by atoms with Crippen molar-refractivity contribution in [1.29, 1.82) is 0 Å². The van der Waals surface area contributed by atoms with Gasteiger partial charge in [-0.3, -0.25) is 0 Å². The summed E-state index contributed by atoms with van der Waals surface area (Å²) in [6.07, 6.45) is 8.19. The molecule has 38 heavy (non-hydrogen) atoms. The molecule has 11 nitrogen and oxygen atoms in total. The molecular formula is C26H31BrN6O5. The summed E-state index contributed by atoms with van der Waals surface area (Å²) in [5.41, 5.74) is 11.1.